The second-order valence-corrected chi connectivity index (χ2v) is 14.7. The monoisotopic (exact) mass is 620 g/mol. The average Bonchev–Trinajstić information content (AvgIpc) is 3.35. The normalized spacial score (nSPS) is 21.6. The summed E-state index contributed by atoms with van der Waals surface area (Å²) in [6, 6.07) is 11.8. The SMILES string of the molecule is CCCCN(CCOCCN(Cc1cccnc1F)Cc1cn(S(=O)(=O)C23C=CC=CC2C3)c2ccccc12)C1CCCC1. The van der Waals surface area contributed by atoms with E-state index in [-0.39, 0.29) is 5.92 Å². The largest absolute Gasteiger partial charge is 0.379 e. The maximum absolute atomic E-state index is 14.7. The predicted molar refractivity (Wildman–Crippen MR) is 173 cm³/mol. The second kappa shape index (κ2) is 13.6. The zero-order valence-corrected chi connectivity index (χ0v) is 26.6. The highest BCUT2D eigenvalue weighted by Crippen LogP contribution is 2.55. The van der Waals surface area contributed by atoms with Crippen molar-refractivity contribution in [2.45, 2.75) is 75.7 Å². The van der Waals surface area contributed by atoms with Crippen molar-refractivity contribution in [1.29, 1.82) is 0 Å². The lowest BCUT2D eigenvalue weighted by atomic mass is 10.1. The Bertz CT molecular complexity index is 1600. The van der Waals surface area contributed by atoms with E-state index in [1.165, 1.54) is 48.7 Å². The number of benzene rings is 1. The summed E-state index contributed by atoms with van der Waals surface area (Å²) in [5.74, 6) is -0.474. The summed E-state index contributed by atoms with van der Waals surface area (Å²) in [5, 5.41) is 0.890. The van der Waals surface area contributed by atoms with Crippen molar-refractivity contribution in [2.24, 2.45) is 5.92 Å². The Morgan fingerprint density at radius 3 is 2.61 bits per heavy atom. The maximum atomic E-state index is 14.7. The first kappa shape index (κ1) is 31.1. The number of ether oxygens (including phenoxy) is 1. The molecule has 2 fully saturated rings. The Balaban J connectivity index is 1.18. The molecular weight excluding hydrogens is 575 g/mol. The molecule has 3 aliphatic carbocycles. The first-order valence-corrected chi connectivity index (χ1v) is 17.7. The summed E-state index contributed by atoms with van der Waals surface area (Å²) in [6.45, 7) is 6.85. The number of hydrogen-bond acceptors (Lipinski definition) is 6. The molecule has 6 rings (SSSR count). The molecule has 3 aromatic rings. The van der Waals surface area contributed by atoms with Crippen LogP contribution in [-0.2, 0) is 27.8 Å². The van der Waals surface area contributed by atoms with Crippen LogP contribution in [0.1, 0.15) is 63.0 Å². The van der Waals surface area contributed by atoms with Crippen molar-refractivity contribution in [3.05, 3.63) is 90.2 Å². The molecule has 0 spiro atoms. The molecule has 0 radical (unpaired) electrons. The van der Waals surface area contributed by atoms with E-state index in [9.17, 15) is 12.8 Å². The van der Waals surface area contributed by atoms with Crippen LogP contribution in [0.2, 0.25) is 0 Å². The van der Waals surface area contributed by atoms with E-state index in [1.807, 2.05) is 48.6 Å². The number of unbranched alkanes of at least 4 members (excludes halogenated alkanes) is 1. The molecule has 0 amide bonds. The van der Waals surface area contributed by atoms with Crippen LogP contribution in [0.3, 0.4) is 0 Å². The summed E-state index contributed by atoms with van der Waals surface area (Å²) in [4.78, 5) is 8.59. The van der Waals surface area contributed by atoms with Gasteiger partial charge in [0.1, 0.15) is 4.75 Å². The van der Waals surface area contributed by atoms with Gasteiger partial charge < -0.3 is 4.74 Å². The molecule has 0 aliphatic heterocycles. The van der Waals surface area contributed by atoms with Crippen LogP contribution in [0.25, 0.3) is 10.9 Å². The third kappa shape index (κ3) is 6.43. The summed E-state index contributed by atoms with van der Waals surface area (Å²) in [7, 11) is -3.68. The van der Waals surface area contributed by atoms with E-state index in [1.54, 1.807) is 18.3 Å². The molecule has 2 heterocycles. The summed E-state index contributed by atoms with van der Waals surface area (Å²) in [5.41, 5.74) is 2.08. The van der Waals surface area contributed by atoms with E-state index in [0.29, 0.717) is 56.4 Å². The molecule has 2 unspecified atom stereocenters. The standard InChI is InChI=1S/C35H45FN4O3S/c1-2-3-19-39(31-13-4-5-14-31)21-23-43-22-20-38(25-28-11-10-18-37-34(28)36)26-29-27-40(33-16-7-6-15-32(29)33)44(41,42)35-17-9-8-12-30(35)24-35/h6-12,15-18,27,30-31H,2-5,13-14,19-26H2,1H3. The number of fused-ring (bicyclic) bond motifs is 2. The van der Waals surface area contributed by atoms with Crippen LogP contribution in [0, 0.1) is 11.9 Å². The van der Waals surface area contributed by atoms with Gasteiger partial charge in [-0.25, -0.2) is 17.4 Å². The molecular formula is C35H45FN4O3S. The predicted octanol–water partition coefficient (Wildman–Crippen LogP) is 6.30. The van der Waals surface area contributed by atoms with Gasteiger partial charge in [-0.2, -0.15) is 4.39 Å². The fraction of sp³-hybridized carbons (Fsp3) is 0.514. The Labute approximate surface area is 261 Å². The van der Waals surface area contributed by atoms with E-state index < -0.39 is 20.7 Å². The van der Waals surface area contributed by atoms with Gasteiger partial charge in [0, 0.05) is 61.5 Å². The average molecular weight is 621 g/mol. The van der Waals surface area contributed by atoms with Crippen molar-refractivity contribution < 1.29 is 17.5 Å². The van der Waals surface area contributed by atoms with Crippen molar-refractivity contribution in [3.63, 3.8) is 0 Å². The van der Waals surface area contributed by atoms with Gasteiger partial charge in [-0.05, 0) is 49.9 Å². The minimum Gasteiger partial charge on any atom is -0.379 e. The smallest absolute Gasteiger partial charge is 0.248 e. The number of nitrogens with zero attached hydrogens (tertiary/aromatic N) is 4. The Hall–Kier alpha value is -2.85. The fourth-order valence-electron chi connectivity index (χ4n) is 7.05. The number of aromatic nitrogens is 2. The van der Waals surface area contributed by atoms with Crippen molar-refractivity contribution in [3.8, 4) is 0 Å². The van der Waals surface area contributed by atoms with Crippen LogP contribution < -0.4 is 0 Å². The van der Waals surface area contributed by atoms with E-state index >= 15 is 0 Å². The molecule has 3 aliphatic rings. The quantitative estimate of drug-likeness (QED) is 0.138. The Morgan fingerprint density at radius 1 is 1.02 bits per heavy atom. The van der Waals surface area contributed by atoms with Gasteiger partial charge in [-0.3, -0.25) is 9.80 Å². The Kier molecular flexibility index (Phi) is 9.66. The van der Waals surface area contributed by atoms with Crippen molar-refractivity contribution >= 4 is 20.9 Å². The molecule has 1 aromatic carbocycles. The molecule has 0 bridgehead atoms. The van der Waals surface area contributed by atoms with E-state index in [0.717, 1.165) is 24.0 Å². The molecule has 2 aromatic heterocycles. The zero-order valence-electron chi connectivity index (χ0n) is 25.8. The highest BCUT2D eigenvalue weighted by atomic mass is 32.2. The molecule has 9 heteroatoms. The minimum atomic E-state index is -3.68. The third-order valence-electron chi connectivity index (χ3n) is 9.68. The summed E-state index contributed by atoms with van der Waals surface area (Å²) >= 11 is 0. The van der Waals surface area contributed by atoms with Crippen molar-refractivity contribution in [1.82, 2.24) is 18.8 Å². The minimum absolute atomic E-state index is 0.0101. The molecule has 0 N–H and O–H groups in total. The van der Waals surface area contributed by atoms with E-state index in [4.69, 9.17) is 4.74 Å². The second-order valence-electron chi connectivity index (χ2n) is 12.6. The molecule has 236 valence electrons. The lowest BCUT2D eigenvalue weighted by Crippen LogP contribution is -2.37. The van der Waals surface area contributed by atoms with Crippen LogP contribution in [0.5, 0.6) is 0 Å². The van der Waals surface area contributed by atoms with Gasteiger partial charge in [-0.1, -0.05) is 74.8 Å². The van der Waals surface area contributed by atoms with Gasteiger partial charge in [0.25, 0.3) is 0 Å². The fourth-order valence-corrected chi connectivity index (χ4v) is 9.20. The topological polar surface area (TPSA) is 67.7 Å². The summed E-state index contributed by atoms with van der Waals surface area (Å²) in [6.07, 6.45) is 19.0. The highest BCUT2D eigenvalue weighted by molar-refractivity contribution is 7.92. The van der Waals surface area contributed by atoms with Gasteiger partial charge >= 0.3 is 0 Å². The highest BCUT2D eigenvalue weighted by Gasteiger charge is 2.62. The number of halogens is 1. The number of pyridine rings is 1. The third-order valence-corrected chi connectivity index (χ3v) is 12.1. The lowest BCUT2D eigenvalue weighted by Gasteiger charge is -2.29. The molecule has 44 heavy (non-hydrogen) atoms. The first-order chi connectivity index (χ1) is 21.4. The maximum Gasteiger partial charge on any atom is 0.248 e. The van der Waals surface area contributed by atoms with Gasteiger partial charge in [0.05, 0.1) is 18.7 Å². The number of rotatable bonds is 16. The van der Waals surface area contributed by atoms with Gasteiger partial charge in [0.15, 0.2) is 0 Å². The van der Waals surface area contributed by atoms with Crippen LogP contribution in [0.4, 0.5) is 4.39 Å². The lowest BCUT2D eigenvalue weighted by molar-refractivity contribution is 0.0677. The van der Waals surface area contributed by atoms with Crippen molar-refractivity contribution in [2.75, 3.05) is 32.8 Å². The zero-order chi connectivity index (χ0) is 30.6. The van der Waals surface area contributed by atoms with Crippen LogP contribution >= 0.6 is 0 Å². The number of allylic oxidation sites excluding steroid dienone is 3. The number of para-hydroxylation sites is 1. The molecule has 0 saturated heterocycles. The molecule has 2 atom stereocenters. The first-order valence-electron chi connectivity index (χ1n) is 16.3. The van der Waals surface area contributed by atoms with Crippen LogP contribution in [-0.4, -0.2) is 70.8 Å². The van der Waals surface area contributed by atoms with E-state index in [2.05, 4.69) is 21.7 Å². The van der Waals surface area contributed by atoms with Gasteiger partial charge in [-0.15, -0.1) is 0 Å². The molecule has 2 saturated carbocycles. The van der Waals surface area contributed by atoms with Gasteiger partial charge in [0.2, 0.25) is 16.0 Å². The summed E-state index contributed by atoms with van der Waals surface area (Å²) < 4.78 is 49.5. The molecule has 7 nitrogen and oxygen atoms in total. The number of hydrogen-bond donors (Lipinski definition) is 0. The van der Waals surface area contributed by atoms with Crippen LogP contribution in [0.15, 0.2) is 73.1 Å². The Morgan fingerprint density at radius 2 is 1.82 bits per heavy atom.